The van der Waals surface area contributed by atoms with Gasteiger partial charge in [-0.1, -0.05) is 18.2 Å². The Hall–Kier alpha value is -2.14. The van der Waals surface area contributed by atoms with Gasteiger partial charge in [0.05, 0.1) is 7.11 Å². The van der Waals surface area contributed by atoms with Crippen molar-refractivity contribution < 1.29 is 4.74 Å². The molecule has 1 aliphatic rings. The van der Waals surface area contributed by atoms with Crippen molar-refractivity contribution in [2.75, 3.05) is 25.1 Å². The van der Waals surface area contributed by atoms with Crippen molar-refractivity contribution in [1.82, 2.24) is 15.3 Å². The fourth-order valence-corrected chi connectivity index (χ4v) is 2.24. The van der Waals surface area contributed by atoms with Crippen LogP contribution < -0.4 is 15.0 Å². The molecule has 19 heavy (non-hydrogen) atoms. The van der Waals surface area contributed by atoms with Gasteiger partial charge in [-0.05, 0) is 11.6 Å². The number of anilines is 2. The van der Waals surface area contributed by atoms with Crippen LogP contribution in [0.3, 0.4) is 0 Å². The third kappa shape index (κ3) is 2.37. The van der Waals surface area contributed by atoms with Crippen molar-refractivity contribution in [3.63, 3.8) is 0 Å². The molecule has 3 rings (SSSR count). The summed E-state index contributed by atoms with van der Waals surface area (Å²) >= 11 is 0. The van der Waals surface area contributed by atoms with Gasteiger partial charge in [-0.2, -0.15) is 4.98 Å². The number of benzene rings is 1. The number of fused-ring (bicyclic) bond motifs is 1. The maximum Gasteiger partial charge on any atom is 0.233 e. The van der Waals surface area contributed by atoms with Crippen LogP contribution in [0.15, 0.2) is 36.5 Å². The number of ether oxygens (including phenoxy) is 1. The summed E-state index contributed by atoms with van der Waals surface area (Å²) < 4.78 is 5.17. The van der Waals surface area contributed by atoms with E-state index in [-0.39, 0.29) is 0 Å². The molecule has 0 fully saturated rings. The number of para-hydroxylation sites is 1. The van der Waals surface area contributed by atoms with Crippen molar-refractivity contribution in [2.45, 2.75) is 6.54 Å². The molecule has 0 aliphatic carbocycles. The number of nitrogens with zero attached hydrogens (tertiary/aromatic N) is 3. The Kier molecular flexibility index (Phi) is 3.29. The molecule has 0 saturated heterocycles. The summed E-state index contributed by atoms with van der Waals surface area (Å²) in [5.41, 5.74) is 2.41. The van der Waals surface area contributed by atoms with Gasteiger partial charge in [-0.15, -0.1) is 0 Å². The van der Waals surface area contributed by atoms with Crippen LogP contribution in [0, 0.1) is 0 Å². The van der Waals surface area contributed by atoms with E-state index in [4.69, 9.17) is 4.74 Å². The van der Waals surface area contributed by atoms with Crippen molar-refractivity contribution in [3.8, 4) is 5.88 Å². The van der Waals surface area contributed by atoms with Crippen LogP contribution in [0.5, 0.6) is 5.88 Å². The lowest BCUT2D eigenvalue weighted by Crippen LogP contribution is -2.26. The Morgan fingerprint density at radius 1 is 1.26 bits per heavy atom. The van der Waals surface area contributed by atoms with E-state index in [0.29, 0.717) is 11.8 Å². The predicted molar refractivity (Wildman–Crippen MR) is 73.7 cm³/mol. The molecule has 0 bridgehead atoms. The third-order valence-electron chi connectivity index (χ3n) is 3.18. The molecular formula is C14H16N4O. The summed E-state index contributed by atoms with van der Waals surface area (Å²) in [4.78, 5) is 10.9. The van der Waals surface area contributed by atoms with E-state index >= 15 is 0 Å². The van der Waals surface area contributed by atoms with Gasteiger partial charge in [0.2, 0.25) is 11.8 Å². The molecule has 0 atom stereocenters. The lowest BCUT2D eigenvalue weighted by molar-refractivity contribution is 0.397. The molecule has 0 spiro atoms. The van der Waals surface area contributed by atoms with Crippen LogP contribution in [-0.2, 0) is 6.54 Å². The molecule has 0 unspecified atom stereocenters. The van der Waals surface area contributed by atoms with Crippen LogP contribution in [0.1, 0.15) is 5.56 Å². The van der Waals surface area contributed by atoms with Crippen molar-refractivity contribution in [2.24, 2.45) is 0 Å². The standard InChI is InChI=1S/C14H16N4O/c1-19-13-6-7-16-14(17-13)18-9-8-15-10-11-4-2-3-5-12(11)18/h2-7,15H,8-10H2,1H3. The summed E-state index contributed by atoms with van der Waals surface area (Å²) in [6.45, 7) is 2.61. The first kappa shape index (κ1) is 11.9. The Balaban J connectivity index is 2.03. The van der Waals surface area contributed by atoms with Crippen LogP contribution in [0.2, 0.25) is 0 Å². The summed E-state index contributed by atoms with van der Waals surface area (Å²) in [5.74, 6) is 1.26. The molecule has 5 nitrogen and oxygen atoms in total. The molecule has 1 N–H and O–H groups in total. The molecule has 2 aromatic rings. The highest BCUT2D eigenvalue weighted by atomic mass is 16.5. The molecule has 98 valence electrons. The molecule has 1 aromatic carbocycles. The molecule has 0 amide bonds. The quantitative estimate of drug-likeness (QED) is 0.886. The minimum absolute atomic E-state index is 0.583. The molecule has 1 aromatic heterocycles. The zero-order valence-corrected chi connectivity index (χ0v) is 10.8. The van der Waals surface area contributed by atoms with Crippen LogP contribution in [0.25, 0.3) is 0 Å². The van der Waals surface area contributed by atoms with Gasteiger partial charge >= 0.3 is 0 Å². The molecular weight excluding hydrogens is 240 g/mol. The second-order valence-corrected chi connectivity index (χ2v) is 4.36. The Bertz CT molecular complexity index is 573. The van der Waals surface area contributed by atoms with Crippen molar-refractivity contribution in [1.29, 1.82) is 0 Å². The predicted octanol–water partition coefficient (Wildman–Crippen LogP) is 1.73. The van der Waals surface area contributed by atoms with Gasteiger partial charge in [-0.3, -0.25) is 0 Å². The highest BCUT2D eigenvalue weighted by Crippen LogP contribution is 2.27. The highest BCUT2D eigenvalue weighted by Gasteiger charge is 2.18. The Morgan fingerprint density at radius 3 is 3.05 bits per heavy atom. The first-order valence-corrected chi connectivity index (χ1v) is 6.31. The molecule has 0 radical (unpaired) electrons. The smallest absolute Gasteiger partial charge is 0.233 e. The van der Waals surface area contributed by atoms with Gasteiger partial charge in [0, 0.05) is 37.6 Å². The minimum Gasteiger partial charge on any atom is -0.481 e. The van der Waals surface area contributed by atoms with E-state index in [9.17, 15) is 0 Å². The van der Waals surface area contributed by atoms with Gasteiger partial charge in [-0.25, -0.2) is 4.98 Å². The van der Waals surface area contributed by atoms with Gasteiger partial charge < -0.3 is 15.0 Å². The number of methoxy groups -OCH3 is 1. The second-order valence-electron chi connectivity index (χ2n) is 4.36. The fraction of sp³-hybridized carbons (Fsp3) is 0.286. The number of rotatable bonds is 2. The summed E-state index contributed by atoms with van der Waals surface area (Å²) in [6.07, 6.45) is 1.72. The van der Waals surface area contributed by atoms with E-state index in [1.165, 1.54) is 5.56 Å². The lowest BCUT2D eigenvalue weighted by atomic mass is 10.1. The van der Waals surface area contributed by atoms with Crippen LogP contribution >= 0.6 is 0 Å². The number of hydrogen-bond acceptors (Lipinski definition) is 5. The molecule has 2 heterocycles. The second kappa shape index (κ2) is 5.24. The Morgan fingerprint density at radius 2 is 2.16 bits per heavy atom. The van der Waals surface area contributed by atoms with E-state index in [1.807, 2.05) is 6.07 Å². The molecule has 5 heteroatoms. The lowest BCUT2D eigenvalue weighted by Gasteiger charge is -2.22. The van der Waals surface area contributed by atoms with Crippen molar-refractivity contribution in [3.05, 3.63) is 42.1 Å². The summed E-state index contributed by atoms with van der Waals surface area (Å²) in [5, 5.41) is 3.40. The molecule has 0 saturated carbocycles. The number of nitrogens with one attached hydrogen (secondary N) is 1. The van der Waals surface area contributed by atoms with E-state index in [2.05, 4.69) is 38.4 Å². The van der Waals surface area contributed by atoms with Gasteiger partial charge in [0.15, 0.2) is 0 Å². The van der Waals surface area contributed by atoms with Crippen LogP contribution in [0.4, 0.5) is 11.6 Å². The third-order valence-corrected chi connectivity index (χ3v) is 3.18. The van der Waals surface area contributed by atoms with Gasteiger partial charge in [0.25, 0.3) is 0 Å². The monoisotopic (exact) mass is 256 g/mol. The highest BCUT2D eigenvalue weighted by molar-refractivity contribution is 5.62. The minimum atomic E-state index is 0.583. The summed E-state index contributed by atoms with van der Waals surface area (Å²) in [7, 11) is 1.62. The number of hydrogen-bond donors (Lipinski definition) is 1. The zero-order valence-electron chi connectivity index (χ0n) is 10.8. The average molecular weight is 256 g/mol. The van der Waals surface area contributed by atoms with E-state index in [1.54, 1.807) is 19.4 Å². The van der Waals surface area contributed by atoms with E-state index in [0.717, 1.165) is 25.3 Å². The SMILES string of the molecule is COc1ccnc(N2CCNCc3ccccc32)n1. The maximum absolute atomic E-state index is 5.17. The maximum atomic E-state index is 5.17. The van der Waals surface area contributed by atoms with Crippen molar-refractivity contribution >= 4 is 11.6 Å². The van der Waals surface area contributed by atoms with E-state index < -0.39 is 0 Å². The van der Waals surface area contributed by atoms with Crippen LogP contribution in [-0.4, -0.2) is 30.2 Å². The fourth-order valence-electron chi connectivity index (χ4n) is 2.24. The first-order valence-electron chi connectivity index (χ1n) is 6.31. The first-order chi connectivity index (χ1) is 9.38. The van der Waals surface area contributed by atoms with Gasteiger partial charge in [0.1, 0.15) is 0 Å². The Labute approximate surface area is 112 Å². The number of aromatic nitrogens is 2. The summed E-state index contributed by atoms with van der Waals surface area (Å²) in [6, 6.07) is 10.1. The molecule has 1 aliphatic heterocycles. The zero-order chi connectivity index (χ0) is 13.1. The largest absolute Gasteiger partial charge is 0.481 e. The topological polar surface area (TPSA) is 50.3 Å². The normalized spacial score (nSPS) is 14.7. The average Bonchev–Trinajstić information content (AvgIpc) is 2.69.